The van der Waals surface area contributed by atoms with Gasteiger partial charge in [0, 0.05) is 22.7 Å². The van der Waals surface area contributed by atoms with Crippen molar-refractivity contribution in [2.45, 2.75) is 20.0 Å². The summed E-state index contributed by atoms with van der Waals surface area (Å²) in [6.45, 7) is 2.46. The molecular formula is C26H23N5O2. The van der Waals surface area contributed by atoms with Crippen molar-refractivity contribution < 1.29 is 9.47 Å². The second-order valence-corrected chi connectivity index (χ2v) is 7.59. The van der Waals surface area contributed by atoms with Crippen molar-refractivity contribution in [3.63, 3.8) is 0 Å². The number of H-pyrrole nitrogens is 1. The Bertz CT molecular complexity index is 1390. The van der Waals surface area contributed by atoms with Gasteiger partial charge in [-0.25, -0.2) is 4.98 Å². The summed E-state index contributed by atoms with van der Waals surface area (Å²) in [5.74, 6) is 2.06. The van der Waals surface area contributed by atoms with Crippen molar-refractivity contribution in [1.29, 1.82) is 0 Å². The summed E-state index contributed by atoms with van der Waals surface area (Å²) in [5.41, 5.74) is 5.78. The van der Waals surface area contributed by atoms with Crippen LogP contribution in [-0.4, -0.2) is 32.7 Å². The van der Waals surface area contributed by atoms with Crippen LogP contribution in [0, 0.1) is 0 Å². The molecule has 5 rings (SSSR count). The Kier molecular flexibility index (Phi) is 5.68. The zero-order chi connectivity index (χ0) is 22.6. The maximum absolute atomic E-state index is 6.31. The number of fused-ring (bicyclic) bond motifs is 1. The second-order valence-electron chi connectivity index (χ2n) is 7.59. The minimum Gasteiger partial charge on any atom is -0.494 e. The van der Waals surface area contributed by atoms with Gasteiger partial charge in [0.05, 0.1) is 7.11 Å². The van der Waals surface area contributed by atoms with Gasteiger partial charge in [0.25, 0.3) is 0 Å². The molecule has 0 radical (unpaired) electrons. The van der Waals surface area contributed by atoms with Crippen LogP contribution in [0.3, 0.4) is 0 Å². The van der Waals surface area contributed by atoms with E-state index in [1.807, 2.05) is 42.5 Å². The highest BCUT2D eigenvalue weighted by molar-refractivity contribution is 5.90. The van der Waals surface area contributed by atoms with Crippen LogP contribution in [0.5, 0.6) is 11.5 Å². The Morgan fingerprint density at radius 3 is 2.52 bits per heavy atom. The number of pyridine rings is 1. The Morgan fingerprint density at radius 1 is 0.879 bits per heavy atom. The zero-order valence-corrected chi connectivity index (χ0v) is 18.4. The monoisotopic (exact) mass is 437 g/mol. The molecule has 2 heterocycles. The van der Waals surface area contributed by atoms with Crippen LogP contribution in [0.15, 0.2) is 72.8 Å². The van der Waals surface area contributed by atoms with Crippen LogP contribution in [0.1, 0.15) is 18.2 Å². The lowest BCUT2D eigenvalue weighted by Gasteiger charge is -2.14. The molecule has 1 N–H and O–H groups in total. The van der Waals surface area contributed by atoms with Crippen molar-refractivity contribution in [1.82, 2.24) is 25.6 Å². The fourth-order valence-electron chi connectivity index (χ4n) is 3.88. The van der Waals surface area contributed by atoms with Crippen molar-refractivity contribution in [3.8, 4) is 34.0 Å². The molecule has 3 aromatic carbocycles. The molecule has 0 aliphatic heterocycles. The average Bonchev–Trinajstić information content (AvgIpc) is 3.42. The van der Waals surface area contributed by atoms with E-state index in [1.54, 1.807) is 7.11 Å². The van der Waals surface area contributed by atoms with E-state index in [-0.39, 0.29) is 0 Å². The first-order valence-electron chi connectivity index (χ1n) is 10.8. The first-order chi connectivity index (χ1) is 16.3. The molecule has 0 spiro atoms. The first-order valence-corrected chi connectivity index (χ1v) is 10.8. The minimum atomic E-state index is 0.388. The molecule has 0 saturated carbocycles. The number of methoxy groups -OCH3 is 1. The number of aromatic nitrogens is 5. The largest absolute Gasteiger partial charge is 0.494 e. The SMILES string of the molecule is CCc1cc(OCc2ccc(-c3ccccc3)c(-c3nn[nH]n3)c2)c2cccc(OC)c2n1. The molecule has 33 heavy (non-hydrogen) atoms. The summed E-state index contributed by atoms with van der Waals surface area (Å²) < 4.78 is 11.8. The molecule has 0 aliphatic rings. The van der Waals surface area contributed by atoms with Gasteiger partial charge < -0.3 is 9.47 Å². The summed E-state index contributed by atoms with van der Waals surface area (Å²) in [7, 11) is 1.66. The van der Waals surface area contributed by atoms with Gasteiger partial charge in [0.1, 0.15) is 23.6 Å². The molecule has 0 amide bonds. The van der Waals surface area contributed by atoms with E-state index in [4.69, 9.17) is 14.5 Å². The standard InChI is InChI=1S/C26H23N5O2/c1-3-19-15-24(21-10-7-11-23(32-2)25(21)27-19)33-16-17-12-13-20(18-8-5-4-6-9-18)22(14-17)26-28-30-31-29-26/h4-15H,3,16H2,1-2H3,(H,28,29,30,31). The molecule has 0 bridgehead atoms. The Hall–Kier alpha value is -4.26. The lowest BCUT2D eigenvalue weighted by atomic mass is 9.97. The molecule has 0 aliphatic carbocycles. The number of tetrazole rings is 1. The van der Waals surface area contributed by atoms with Gasteiger partial charge >= 0.3 is 0 Å². The minimum absolute atomic E-state index is 0.388. The molecule has 0 unspecified atom stereocenters. The van der Waals surface area contributed by atoms with E-state index < -0.39 is 0 Å². The molecule has 0 atom stereocenters. The van der Waals surface area contributed by atoms with Crippen LogP contribution in [-0.2, 0) is 13.0 Å². The van der Waals surface area contributed by atoms with Gasteiger partial charge in [-0.3, -0.25) is 0 Å². The first kappa shape index (κ1) is 20.6. The van der Waals surface area contributed by atoms with Crippen molar-refractivity contribution >= 4 is 10.9 Å². The number of nitrogens with zero attached hydrogens (tertiary/aromatic N) is 4. The van der Waals surface area contributed by atoms with Crippen molar-refractivity contribution in [2.75, 3.05) is 7.11 Å². The smallest absolute Gasteiger partial charge is 0.205 e. The summed E-state index contributed by atoms with van der Waals surface area (Å²) in [6, 6.07) is 24.2. The van der Waals surface area contributed by atoms with E-state index >= 15 is 0 Å². The van der Waals surface area contributed by atoms with Gasteiger partial charge in [-0.2, -0.15) is 5.21 Å². The molecule has 7 heteroatoms. The molecular weight excluding hydrogens is 414 g/mol. The number of rotatable bonds is 7. The fourth-order valence-corrected chi connectivity index (χ4v) is 3.88. The van der Waals surface area contributed by atoms with E-state index in [1.165, 1.54) is 0 Å². The van der Waals surface area contributed by atoms with E-state index in [9.17, 15) is 0 Å². The molecule has 5 aromatic rings. The Morgan fingerprint density at radius 2 is 1.76 bits per heavy atom. The summed E-state index contributed by atoms with van der Waals surface area (Å²) in [5, 5.41) is 15.6. The normalized spacial score (nSPS) is 11.0. The highest BCUT2D eigenvalue weighted by Crippen LogP contribution is 2.34. The molecule has 2 aromatic heterocycles. The van der Waals surface area contributed by atoms with Crippen molar-refractivity contribution in [3.05, 3.63) is 84.1 Å². The van der Waals surface area contributed by atoms with Crippen LogP contribution in [0.2, 0.25) is 0 Å². The predicted molar refractivity (Wildman–Crippen MR) is 127 cm³/mol. The summed E-state index contributed by atoms with van der Waals surface area (Å²) >= 11 is 0. The Labute approximate surface area is 191 Å². The number of aromatic amines is 1. The zero-order valence-electron chi connectivity index (χ0n) is 18.4. The number of benzene rings is 3. The fraction of sp³-hybridized carbons (Fsp3) is 0.154. The van der Waals surface area contributed by atoms with E-state index in [0.717, 1.165) is 56.8 Å². The lowest BCUT2D eigenvalue weighted by Crippen LogP contribution is -2.00. The van der Waals surface area contributed by atoms with Gasteiger partial charge in [-0.05, 0) is 46.5 Å². The third kappa shape index (κ3) is 4.13. The number of nitrogens with one attached hydrogen (secondary N) is 1. The predicted octanol–water partition coefficient (Wildman–Crippen LogP) is 5.23. The quantitative estimate of drug-likeness (QED) is 0.375. The van der Waals surface area contributed by atoms with E-state index in [0.29, 0.717) is 12.4 Å². The number of aryl methyl sites for hydroxylation is 1. The maximum Gasteiger partial charge on any atom is 0.205 e. The van der Waals surface area contributed by atoms with Gasteiger partial charge in [-0.1, -0.05) is 55.5 Å². The number of hydrogen-bond donors (Lipinski definition) is 1. The van der Waals surface area contributed by atoms with Crippen LogP contribution in [0.4, 0.5) is 0 Å². The molecule has 0 saturated heterocycles. The average molecular weight is 438 g/mol. The highest BCUT2D eigenvalue weighted by atomic mass is 16.5. The lowest BCUT2D eigenvalue weighted by molar-refractivity contribution is 0.309. The van der Waals surface area contributed by atoms with Crippen LogP contribution >= 0.6 is 0 Å². The molecule has 164 valence electrons. The van der Waals surface area contributed by atoms with Gasteiger partial charge in [0.2, 0.25) is 5.82 Å². The highest BCUT2D eigenvalue weighted by Gasteiger charge is 2.14. The molecule has 7 nitrogen and oxygen atoms in total. The van der Waals surface area contributed by atoms with Crippen LogP contribution < -0.4 is 9.47 Å². The third-order valence-corrected chi connectivity index (χ3v) is 5.55. The number of ether oxygens (including phenoxy) is 2. The Balaban J connectivity index is 1.51. The maximum atomic E-state index is 6.31. The topological polar surface area (TPSA) is 85.8 Å². The van der Waals surface area contributed by atoms with Gasteiger partial charge in [0.15, 0.2) is 0 Å². The second kappa shape index (κ2) is 9.08. The number of para-hydroxylation sites is 1. The van der Waals surface area contributed by atoms with Crippen molar-refractivity contribution in [2.24, 2.45) is 0 Å². The van der Waals surface area contributed by atoms with E-state index in [2.05, 4.69) is 57.9 Å². The number of hydrogen-bond acceptors (Lipinski definition) is 6. The van der Waals surface area contributed by atoms with Gasteiger partial charge in [-0.15, -0.1) is 10.2 Å². The summed E-state index contributed by atoms with van der Waals surface area (Å²) in [6.07, 6.45) is 0.804. The summed E-state index contributed by atoms with van der Waals surface area (Å²) in [4.78, 5) is 4.74. The molecule has 0 fully saturated rings. The van der Waals surface area contributed by atoms with Crippen LogP contribution in [0.25, 0.3) is 33.4 Å². The third-order valence-electron chi connectivity index (χ3n) is 5.55.